The standard InChI is InChI=1S/C18H21ClN2O2S2/c1-3-21(4-2)18(23)13-5-7-14(8-6-13)20-17(22)12-24-11-15-9-10-16(19)25-15/h5-10H,3-4,11-12H2,1-2H3,(H,20,22). The van der Waals surface area contributed by atoms with Gasteiger partial charge in [-0.25, -0.2) is 0 Å². The zero-order valence-electron chi connectivity index (χ0n) is 14.3. The molecule has 7 heteroatoms. The maximum Gasteiger partial charge on any atom is 0.253 e. The van der Waals surface area contributed by atoms with Crippen LogP contribution in [0.1, 0.15) is 29.1 Å². The van der Waals surface area contributed by atoms with Gasteiger partial charge in [-0.15, -0.1) is 23.1 Å². The fraction of sp³-hybridized carbons (Fsp3) is 0.333. The second kappa shape index (κ2) is 9.85. The maximum absolute atomic E-state index is 12.2. The maximum atomic E-state index is 12.2. The number of amides is 2. The van der Waals surface area contributed by atoms with Gasteiger partial charge in [0, 0.05) is 35.0 Å². The van der Waals surface area contributed by atoms with Crippen LogP contribution in [-0.4, -0.2) is 35.6 Å². The van der Waals surface area contributed by atoms with Crippen molar-refractivity contribution in [1.29, 1.82) is 0 Å². The molecule has 0 aliphatic carbocycles. The van der Waals surface area contributed by atoms with Crippen LogP contribution >= 0.6 is 34.7 Å². The number of carbonyl (C=O) groups excluding carboxylic acids is 2. The minimum Gasteiger partial charge on any atom is -0.339 e. The molecule has 0 saturated heterocycles. The minimum atomic E-state index is -0.0597. The van der Waals surface area contributed by atoms with Crippen LogP contribution in [0.4, 0.5) is 5.69 Å². The van der Waals surface area contributed by atoms with E-state index >= 15 is 0 Å². The van der Waals surface area contributed by atoms with E-state index < -0.39 is 0 Å². The van der Waals surface area contributed by atoms with Gasteiger partial charge in [0.05, 0.1) is 10.1 Å². The SMILES string of the molecule is CCN(CC)C(=O)c1ccc(NC(=O)CSCc2ccc(Cl)s2)cc1. The van der Waals surface area contributed by atoms with Crippen molar-refractivity contribution in [2.45, 2.75) is 19.6 Å². The van der Waals surface area contributed by atoms with Crippen LogP contribution in [0.25, 0.3) is 0 Å². The summed E-state index contributed by atoms with van der Waals surface area (Å²) in [6, 6.07) is 10.9. The lowest BCUT2D eigenvalue weighted by Gasteiger charge is -2.18. The molecule has 1 aromatic carbocycles. The van der Waals surface area contributed by atoms with Gasteiger partial charge in [-0.05, 0) is 50.2 Å². The Bertz CT molecular complexity index is 712. The molecule has 2 aromatic rings. The molecule has 1 N–H and O–H groups in total. The van der Waals surface area contributed by atoms with Crippen molar-refractivity contribution in [1.82, 2.24) is 4.90 Å². The number of thiophene rings is 1. The van der Waals surface area contributed by atoms with Gasteiger partial charge in [0.25, 0.3) is 5.91 Å². The Kier molecular flexibility index (Phi) is 7.81. The predicted molar refractivity (Wildman–Crippen MR) is 108 cm³/mol. The van der Waals surface area contributed by atoms with Gasteiger partial charge in [0.1, 0.15) is 0 Å². The van der Waals surface area contributed by atoms with Gasteiger partial charge in [-0.3, -0.25) is 9.59 Å². The average molecular weight is 397 g/mol. The van der Waals surface area contributed by atoms with Crippen LogP contribution in [0.3, 0.4) is 0 Å². The van der Waals surface area contributed by atoms with Crippen LogP contribution in [0.2, 0.25) is 4.34 Å². The lowest BCUT2D eigenvalue weighted by Crippen LogP contribution is -2.30. The smallest absolute Gasteiger partial charge is 0.253 e. The number of nitrogens with one attached hydrogen (secondary N) is 1. The van der Waals surface area contributed by atoms with E-state index in [2.05, 4.69) is 5.32 Å². The van der Waals surface area contributed by atoms with Gasteiger partial charge in [-0.2, -0.15) is 0 Å². The second-order valence-electron chi connectivity index (χ2n) is 5.30. The molecular weight excluding hydrogens is 376 g/mol. The van der Waals surface area contributed by atoms with E-state index in [1.54, 1.807) is 40.9 Å². The number of halogens is 1. The highest BCUT2D eigenvalue weighted by Crippen LogP contribution is 2.25. The Morgan fingerprint density at radius 1 is 1.12 bits per heavy atom. The van der Waals surface area contributed by atoms with E-state index in [1.807, 2.05) is 26.0 Å². The third kappa shape index (κ3) is 6.06. The molecule has 2 rings (SSSR count). The van der Waals surface area contributed by atoms with E-state index in [4.69, 9.17) is 11.6 Å². The fourth-order valence-corrected chi connectivity index (χ4v) is 4.29. The fourth-order valence-electron chi connectivity index (χ4n) is 2.26. The first kappa shape index (κ1) is 19.8. The molecule has 0 saturated carbocycles. The Balaban J connectivity index is 1.81. The molecule has 1 heterocycles. The summed E-state index contributed by atoms with van der Waals surface area (Å²) in [6.07, 6.45) is 0. The summed E-state index contributed by atoms with van der Waals surface area (Å²) in [5.74, 6) is 1.08. The summed E-state index contributed by atoms with van der Waals surface area (Å²) in [5, 5.41) is 2.85. The van der Waals surface area contributed by atoms with Crippen molar-refractivity contribution in [2.24, 2.45) is 0 Å². The molecule has 0 radical (unpaired) electrons. The van der Waals surface area contributed by atoms with Crippen LogP contribution in [-0.2, 0) is 10.5 Å². The Morgan fingerprint density at radius 3 is 2.36 bits per heavy atom. The van der Waals surface area contributed by atoms with Crippen LogP contribution in [0.15, 0.2) is 36.4 Å². The number of thioether (sulfide) groups is 1. The molecule has 0 bridgehead atoms. The van der Waals surface area contributed by atoms with Crippen LogP contribution in [0.5, 0.6) is 0 Å². The first-order chi connectivity index (χ1) is 12.0. The van der Waals surface area contributed by atoms with Crippen molar-refractivity contribution in [2.75, 3.05) is 24.2 Å². The summed E-state index contributed by atoms with van der Waals surface area (Å²) in [6.45, 7) is 5.27. The van der Waals surface area contributed by atoms with Crippen molar-refractivity contribution in [3.05, 3.63) is 51.2 Å². The highest BCUT2D eigenvalue weighted by atomic mass is 35.5. The third-order valence-corrected chi connectivity index (χ3v) is 5.97. The summed E-state index contributed by atoms with van der Waals surface area (Å²) < 4.78 is 0.763. The van der Waals surface area contributed by atoms with Crippen molar-refractivity contribution < 1.29 is 9.59 Å². The van der Waals surface area contributed by atoms with Crippen molar-refractivity contribution in [3.8, 4) is 0 Å². The quantitative estimate of drug-likeness (QED) is 0.700. The van der Waals surface area contributed by atoms with Gasteiger partial charge < -0.3 is 10.2 Å². The lowest BCUT2D eigenvalue weighted by molar-refractivity contribution is -0.113. The largest absolute Gasteiger partial charge is 0.339 e. The number of carbonyl (C=O) groups is 2. The van der Waals surface area contributed by atoms with Crippen LogP contribution < -0.4 is 5.32 Å². The molecule has 0 aliphatic rings. The lowest BCUT2D eigenvalue weighted by atomic mass is 10.2. The second-order valence-corrected chi connectivity index (χ2v) is 8.09. The molecular formula is C18H21ClN2O2S2. The van der Waals surface area contributed by atoms with E-state index in [0.717, 1.165) is 15.0 Å². The van der Waals surface area contributed by atoms with Gasteiger partial charge in [0.15, 0.2) is 0 Å². The molecule has 4 nitrogen and oxygen atoms in total. The zero-order chi connectivity index (χ0) is 18.2. The first-order valence-electron chi connectivity index (χ1n) is 8.04. The molecule has 0 fully saturated rings. The molecule has 0 atom stereocenters. The molecule has 0 aliphatic heterocycles. The van der Waals surface area contributed by atoms with E-state index in [-0.39, 0.29) is 11.8 Å². The molecule has 1 aromatic heterocycles. The zero-order valence-corrected chi connectivity index (χ0v) is 16.6. The summed E-state index contributed by atoms with van der Waals surface area (Å²) in [7, 11) is 0. The van der Waals surface area contributed by atoms with Crippen molar-refractivity contribution >= 4 is 52.2 Å². The molecule has 25 heavy (non-hydrogen) atoms. The topological polar surface area (TPSA) is 49.4 Å². The van der Waals surface area contributed by atoms with Gasteiger partial charge in [-0.1, -0.05) is 11.6 Å². The summed E-state index contributed by atoms with van der Waals surface area (Å²) in [4.78, 5) is 27.2. The monoisotopic (exact) mass is 396 g/mol. The summed E-state index contributed by atoms with van der Waals surface area (Å²) in [5.41, 5.74) is 1.33. The van der Waals surface area contributed by atoms with Crippen molar-refractivity contribution in [3.63, 3.8) is 0 Å². The number of anilines is 1. The number of nitrogens with zero attached hydrogens (tertiary/aromatic N) is 1. The number of hydrogen-bond donors (Lipinski definition) is 1. The summed E-state index contributed by atoms with van der Waals surface area (Å²) >= 11 is 8.96. The Morgan fingerprint density at radius 2 is 1.80 bits per heavy atom. The average Bonchev–Trinajstić information content (AvgIpc) is 3.02. The number of rotatable bonds is 8. The van der Waals surface area contributed by atoms with E-state index in [0.29, 0.717) is 30.1 Å². The normalized spacial score (nSPS) is 10.5. The third-order valence-electron chi connectivity index (χ3n) is 3.57. The molecule has 134 valence electrons. The highest BCUT2D eigenvalue weighted by molar-refractivity contribution is 7.99. The molecule has 0 spiro atoms. The number of benzene rings is 1. The predicted octanol–water partition coefficient (Wildman–Crippen LogP) is 4.76. The van der Waals surface area contributed by atoms with Gasteiger partial charge in [0.2, 0.25) is 5.91 Å². The van der Waals surface area contributed by atoms with E-state index in [9.17, 15) is 9.59 Å². The Labute approximate surface area is 161 Å². The highest BCUT2D eigenvalue weighted by Gasteiger charge is 2.12. The molecule has 0 unspecified atom stereocenters. The van der Waals surface area contributed by atoms with Gasteiger partial charge >= 0.3 is 0 Å². The first-order valence-corrected chi connectivity index (χ1v) is 10.4. The van der Waals surface area contributed by atoms with E-state index in [1.165, 1.54) is 11.3 Å². The Hall–Kier alpha value is -1.50. The van der Waals surface area contributed by atoms with Crippen LogP contribution in [0, 0.1) is 0 Å². The molecule has 2 amide bonds. The minimum absolute atomic E-state index is 0.00745. The number of hydrogen-bond acceptors (Lipinski definition) is 4.